The molecule has 0 saturated carbocycles. The van der Waals surface area contributed by atoms with Crippen LogP contribution in [-0.4, -0.2) is 53.5 Å². The highest BCUT2D eigenvalue weighted by atomic mass is 35.5. The highest BCUT2D eigenvalue weighted by molar-refractivity contribution is 6.34. The molecule has 1 saturated heterocycles. The normalized spacial score (nSPS) is 17.4. The second kappa shape index (κ2) is 12.0. The Morgan fingerprint density at radius 3 is 2.47 bits per heavy atom. The number of hydrogen-bond acceptors (Lipinski definition) is 5. The van der Waals surface area contributed by atoms with E-state index in [0.717, 1.165) is 23.8 Å². The Kier molecular flexibility index (Phi) is 9.33. The van der Waals surface area contributed by atoms with Crippen LogP contribution >= 0.6 is 23.2 Å². The van der Waals surface area contributed by atoms with E-state index in [-0.39, 0.29) is 29.3 Å². The van der Waals surface area contributed by atoms with Gasteiger partial charge in [-0.1, -0.05) is 47.5 Å². The molecule has 0 spiro atoms. The average Bonchev–Trinajstić information content (AvgIpc) is 2.81. The van der Waals surface area contributed by atoms with Crippen molar-refractivity contribution in [2.45, 2.75) is 50.9 Å². The molecule has 1 aliphatic rings. The standard InChI is InChI=1S/C26H27Cl2F2NO5/c1-16(2)36-24(33)18-5-3-17(4-6-18)9-11-31-22(10-12-35-25(31)34)7-8-23(32)26(29,30)19-13-20(27)15-21(28)14-19/h3-8,13-16,22-23,32H,9-12H2,1-2H3/t22-,23+/m0/s1. The number of carbonyl (C=O) groups excluding carboxylic acids is 2. The number of hydrogen-bond donors (Lipinski definition) is 1. The average molecular weight is 542 g/mol. The van der Waals surface area contributed by atoms with E-state index in [0.29, 0.717) is 18.4 Å². The van der Waals surface area contributed by atoms with E-state index in [1.54, 1.807) is 38.1 Å². The lowest BCUT2D eigenvalue weighted by molar-refractivity contribution is -0.0929. The molecule has 1 N–H and O–H groups in total. The van der Waals surface area contributed by atoms with Gasteiger partial charge in [0, 0.05) is 28.6 Å². The van der Waals surface area contributed by atoms with Crippen molar-refractivity contribution in [2.24, 2.45) is 0 Å². The zero-order valence-electron chi connectivity index (χ0n) is 19.8. The monoisotopic (exact) mass is 541 g/mol. The van der Waals surface area contributed by atoms with Crippen LogP contribution < -0.4 is 0 Å². The highest BCUT2D eigenvalue weighted by Gasteiger charge is 2.40. The first kappa shape index (κ1) is 27.9. The van der Waals surface area contributed by atoms with Crippen molar-refractivity contribution in [3.8, 4) is 0 Å². The molecule has 0 radical (unpaired) electrons. The number of benzene rings is 2. The molecule has 3 rings (SSSR count). The van der Waals surface area contributed by atoms with Gasteiger partial charge in [-0.05, 0) is 56.2 Å². The van der Waals surface area contributed by atoms with Crippen LogP contribution in [0.5, 0.6) is 0 Å². The summed E-state index contributed by atoms with van der Waals surface area (Å²) in [6.07, 6.45) is 0.216. The first-order chi connectivity index (χ1) is 17.0. The zero-order chi connectivity index (χ0) is 26.5. The quantitative estimate of drug-likeness (QED) is 0.310. The van der Waals surface area contributed by atoms with E-state index in [1.807, 2.05) is 0 Å². The predicted molar refractivity (Wildman–Crippen MR) is 133 cm³/mol. The molecule has 2 aromatic rings. The lowest BCUT2D eigenvalue weighted by Gasteiger charge is -2.33. The van der Waals surface area contributed by atoms with Gasteiger partial charge in [0.2, 0.25) is 0 Å². The molecular weight excluding hydrogens is 515 g/mol. The minimum Gasteiger partial charge on any atom is -0.459 e. The zero-order valence-corrected chi connectivity index (χ0v) is 21.3. The van der Waals surface area contributed by atoms with E-state index in [2.05, 4.69) is 0 Å². The molecule has 0 aromatic heterocycles. The molecule has 0 unspecified atom stereocenters. The summed E-state index contributed by atoms with van der Waals surface area (Å²) in [6, 6.07) is 9.68. The van der Waals surface area contributed by atoms with Gasteiger partial charge in [-0.3, -0.25) is 0 Å². The first-order valence-corrected chi connectivity index (χ1v) is 12.2. The SMILES string of the molecule is CC(C)OC(=O)c1ccc(CCN2C(=O)OCC[C@@H]2C=C[C@@H](O)C(F)(F)c2cc(Cl)cc(Cl)c2)cc1. The van der Waals surface area contributed by atoms with Crippen molar-refractivity contribution in [3.05, 3.63) is 81.4 Å². The summed E-state index contributed by atoms with van der Waals surface area (Å²) in [4.78, 5) is 25.8. The third-order valence-electron chi connectivity index (χ3n) is 5.58. The number of aliphatic hydroxyl groups excluding tert-OH is 1. The van der Waals surface area contributed by atoms with Crippen LogP contribution in [0.15, 0.2) is 54.6 Å². The van der Waals surface area contributed by atoms with Gasteiger partial charge in [0.15, 0.2) is 0 Å². The van der Waals surface area contributed by atoms with Crippen molar-refractivity contribution in [1.82, 2.24) is 4.90 Å². The molecule has 1 amide bonds. The van der Waals surface area contributed by atoms with Gasteiger partial charge in [0.1, 0.15) is 6.10 Å². The first-order valence-electron chi connectivity index (χ1n) is 11.4. The van der Waals surface area contributed by atoms with Crippen LogP contribution in [0.25, 0.3) is 0 Å². The molecule has 194 valence electrons. The second-order valence-electron chi connectivity index (χ2n) is 8.68. The Morgan fingerprint density at radius 2 is 1.86 bits per heavy atom. The van der Waals surface area contributed by atoms with Gasteiger partial charge < -0.3 is 19.5 Å². The smallest absolute Gasteiger partial charge is 0.410 e. The number of halogens is 4. The van der Waals surface area contributed by atoms with Crippen molar-refractivity contribution in [1.29, 1.82) is 0 Å². The number of esters is 1. The third kappa shape index (κ3) is 7.18. The van der Waals surface area contributed by atoms with Crippen molar-refractivity contribution in [3.63, 3.8) is 0 Å². The molecule has 1 heterocycles. The number of aliphatic hydroxyl groups is 1. The predicted octanol–water partition coefficient (Wildman–Crippen LogP) is 6.02. The molecule has 0 bridgehead atoms. The maximum absolute atomic E-state index is 14.8. The largest absolute Gasteiger partial charge is 0.459 e. The number of amides is 1. The lowest BCUT2D eigenvalue weighted by atomic mass is 10.0. The molecule has 36 heavy (non-hydrogen) atoms. The maximum Gasteiger partial charge on any atom is 0.410 e. The van der Waals surface area contributed by atoms with E-state index in [9.17, 15) is 23.5 Å². The lowest BCUT2D eigenvalue weighted by Crippen LogP contribution is -2.45. The van der Waals surface area contributed by atoms with E-state index < -0.39 is 35.7 Å². The topological polar surface area (TPSA) is 76.1 Å². The van der Waals surface area contributed by atoms with Crippen molar-refractivity contribution >= 4 is 35.3 Å². The van der Waals surface area contributed by atoms with Crippen molar-refractivity contribution in [2.75, 3.05) is 13.2 Å². The Balaban J connectivity index is 1.67. The van der Waals surface area contributed by atoms with Crippen LogP contribution in [0.3, 0.4) is 0 Å². The maximum atomic E-state index is 14.8. The van der Waals surface area contributed by atoms with Gasteiger partial charge >= 0.3 is 18.0 Å². The highest BCUT2D eigenvalue weighted by Crippen LogP contribution is 2.36. The molecule has 2 atom stereocenters. The number of nitrogens with zero attached hydrogens (tertiary/aromatic N) is 1. The van der Waals surface area contributed by atoms with Crippen LogP contribution in [0.2, 0.25) is 10.0 Å². The fourth-order valence-corrected chi connectivity index (χ4v) is 4.23. The van der Waals surface area contributed by atoms with Crippen molar-refractivity contribution < 1.29 is 33.0 Å². The van der Waals surface area contributed by atoms with Crippen LogP contribution in [0.4, 0.5) is 13.6 Å². The second-order valence-corrected chi connectivity index (χ2v) is 9.55. The Labute approximate surface area is 218 Å². The molecular formula is C26H27Cl2F2NO5. The van der Waals surface area contributed by atoms with Gasteiger partial charge in [0.25, 0.3) is 0 Å². The van der Waals surface area contributed by atoms with Crippen LogP contribution in [0.1, 0.15) is 41.8 Å². The number of cyclic esters (lactones) is 1. The summed E-state index contributed by atoms with van der Waals surface area (Å²) in [5.41, 5.74) is 0.765. The Morgan fingerprint density at radius 1 is 1.22 bits per heavy atom. The molecule has 6 nitrogen and oxygen atoms in total. The number of rotatable bonds is 9. The van der Waals surface area contributed by atoms with Gasteiger partial charge in [-0.2, -0.15) is 8.78 Å². The van der Waals surface area contributed by atoms with E-state index in [1.165, 1.54) is 17.0 Å². The number of ether oxygens (including phenoxy) is 2. The Bertz CT molecular complexity index is 1090. The minimum absolute atomic E-state index is 0.0272. The molecule has 10 heteroatoms. The fraction of sp³-hybridized carbons (Fsp3) is 0.385. The van der Waals surface area contributed by atoms with Crippen LogP contribution in [0, 0.1) is 0 Å². The molecule has 1 aliphatic heterocycles. The third-order valence-corrected chi connectivity index (χ3v) is 6.02. The summed E-state index contributed by atoms with van der Waals surface area (Å²) in [7, 11) is 0. The number of carbonyl (C=O) groups is 2. The molecule has 1 fully saturated rings. The Hall–Kier alpha value is -2.68. The molecule has 2 aromatic carbocycles. The van der Waals surface area contributed by atoms with Gasteiger partial charge in [0.05, 0.1) is 24.3 Å². The summed E-state index contributed by atoms with van der Waals surface area (Å²) in [5, 5.41) is 10.3. The summed E-state index contributed by atoms with van der Waals surface area (Å²) < 4.78 is 39.9. The summed E-state index contributed by atoms with van der Waals surface area (Å²) in [5.74, 6) is -4.07. The number of alkyl halides is 2. The molecule has 0 aliphatic carbocycles. The summed E-state index contributed by atoms with van der Waals surface area (Å²) in [6.45, 7) is 3.91. The summed E-state index contributed by atoms with van der Waals surface area (Å²) >= 11 is 11.7. The fourth-order valence-electron chi connectivity index (χ4n) is 3.71. The van der Waals surface area contributed by atoms with E-state index in [4.69, 9.17) is 32.7 Å². The van der Waals surface area contributed by atoms with Crippen LogP contribution in [-0.2, 0) is 21.8 Å². The minimum atomic E-state index is -3.65. The van der Waals surface area contributed by atoms with Gasteiger partial charge in [-0.15, -0.1) is 0 Å². The van der Waals surface area contributed by atoms with Gasteiger partial charge in [-0.25, -0.2) is 9.59 Å². The van der Waals surface area contributed by atoms with E-state index >= 15 is 0 Å².